The van der Waals surface area contributed by atoms with Crippen molar-refractivity contribution in [2.45, 2.75) is 13.0 Å². The van der Waals surface area contributed by atoms with Gasteiger partial charge in [0.15, 0.2) is 5.71 Å². The van der Waals surface area contributed by atoms with Crippen LogP contribution in [0.2, 0.25) is 0 Å². The van der Waals surface area contributed by atoms with Crippen LogP contribution in [0.4, 0.5) is 0 Å². The highest BCUT2D eigenvalue weighted by atomic mass is 79.9. The lowest BCUT2D eigenvalue weighted by Gasteiger charge is -2.03. The molecule has 0 aliphatic heterocycles. The van der Waals surface area contributed by atoms with Crippen LogP contribution in [0.1, 0.15) is 12.0 Å². The molecule has 0 bridgehead atoms. The zero-order chi connectivity index (χ0) is 12.5. The van der Waals surface area contributed by atoms with Gasteiger partial charge in [0.2, 0.25) is 0 Å². The van der Waals surface area contributed by atoms with Crippen molar-refractivity contribution in [1.82, 2.24) is 0 Å². The van der Waals surface area contributed by atoms with E-state index < -0.39 is 5.97 Å². The second-order valence-corrected chi connectivity index (χ2v) is 4.02. The minimum absolute atomic E-state index is 0.278. The van der Waals surface area contributed by atoms with Crippen LogP contribution in [0.15, 0.2) is 35.5 Å². The molecule has 0 aliphatic rings. The van der Waals surface area contributed by atoms with E-state index in [0.29, 0.717) is 18.4 Å². The summed E-state index contributed by atoms with van der Waals surface area (Å²) in [5.41, 5.74) is 1.28. The van der Waals surface area contributed by atoms with Gasteiger partial charge in [-0.05, 0) is 5.56 Å². The molecule has 0 saturated heterocycles. The molecule has 92 valence electrons. The summed E-state index contributed by atoms with van der Waals surface area (Å²) in [6.45, 7) is 0.337. The van der Waals surface area contributed by atoms with Gasteiger partial charge in [0.05, 0.1) is 7.11 Å². The molecule has 0 spiro atoms. The highest BCUT2D eigenvalue weighted by Gasteiger charge is 2.11. The molecule has 0 saturated carbocycles. The molecule has 17 heavy (non-hydrogen) atoms. The number of oxime groups is 1. The number of alkyl halides is 1. The van der Waals surface area contributed by atoms with Crippen molar-refractivity contribution in [3.05, 3.63) is 35.9 Å². The highest BCUT2D eigenvalue weighted by Crippen LogP contribution is 2.02. The van der Waals surface area contributed by atoms with E-state index in [-0.39, 0.29) is 5.71 Å². The fraction of sp³-hybridized carbons (Fsp3) is 0.333. The van der Waals surface area contributed by atoms with Gasteiger partial charge >= 0.3 is 5.97 Å². The number of halogens is 1. The average molecular weight is 300 g/mol. The van der Waals surface area contributed by atoms with Gasteiger partial charge in [-0.3, -0.25) is 0 Å². The maximum Gasteiger partial charge on any atom is 0.355 e. The number of methoxy groups -OCH3 is 1. The zero-order valence-electron chi connectivity index (χ0n) is 9.56. The minimum Gasteiger partial charge on any atom is -0.464 e. The van der Waals surface area contributed by atoms with Crippen molar-refractivity contribution < 1.29 is 14.4 Å². The van der Waals surface area contributed by atoms with Crippen LogP contribution < -0.4 is 0 Å². The predicted molar refractivity (Wildman–Crippen MR) is 69.1 cm³/mol. The monoisotopic (exact) mass is 299 g/mol. The number of esters is 1. The topological polar surface area (TPSA) is 47.9 Å². The van der Waals surface area contributed by atoms with Crippen LogP contribution >= 0.6 is 15.9 Å². The molecule has 4 nitrogen and oxygen atoms in total. The first-order valence-corrected chi connectivity index (χ1v) is 6.27. The van der Waals surface area contributed by atoms with Crippen molar-refractivity contribution in [1.29, 1.82) is 0 Å². The van der Waals surface area contributed by atoms with Crippen LogP contribution in [-0.2, 0) is 21.0 Å². The van der Waals surface area contributed by atoms with Crippen LogP contribution in [0.3, 0.4) is 0 Å². The number of carbonyl (C=O) groups is 1. The number of ether oxygens (including phenoxy) is 1. The standard InChI is InChI=1S/C12H14BrNO3/c1-16-12(15)11(7-8-13)14-17-9-10-5-3-2-4-6-10/h2-6H,7-9H2,1H3. The van der Waals surface area contributed by atoms with E-state index >= 15 is 0 Å². The maximum atomic E-state index is 11.3. The van der Waals surface area contributed by atoms with Crippen molar-refractivity contribution in [2.75, 3.05) is 12.4 Å². The van der Waals surface area contributed by atoms with Crippen molar-refractivity contribution >= 4 is 27.6 Å². The molecule has 0 heterocycles. The zero-order valence-corrected chi connectivity index (χ0v) is 11.1. The molecule has 0 N–H and O–H groups in total. The summed E-state index contributed by atoms with van der Waals surface area (Å²) in [5, 5.41) is 4.43. The third-order valence-corrected chi connectivity index (χ3v) is 2.40. The summed E-state index contributed by atoms with van der Waals surface area (Å²) in [6, 6.07) is 9.62. The van der Waals surface area contributed by atoms with Gasteiger partial charge in [0, 0.05) is 11.8 Å². The summed E-state index contributed by atoms with van der Waals surface area (Å²) in [6.07, 6.45) is 0.474. The lowest BCUT2D eigenvalue weighted by molar-refractivity contribution is -0.133. The number of carbonyl (C=O) groups excluding carboxylic acids is 1. The Morgan fingerprint density at radius 3 is 2.65 bits per heavy atom. The molecule has 0 fully saturated rings. The predicted octanol–water partition coefficient (Wildman–Crippen LogP) is 2.52. The summed E-state index contributed by atoms with van der Waals surface area (Å²) in [7, 11) is 1.32. The van der Waals surface area contributed by atoms with Gasteiger partial charge in [0.1, 0.15) is 6.61 Å². The van der Waals surface area contributed by atoms with Crippen LogP contribution in [0.5, 0.6) is 0 Å². The molecule has 0 amide bonds. The van der Waals surface area contributed by atoms with E-state index in [4.69, 9.17) is 4.84 Å². The first kappa shape index (κ1) is 13.7. The molecule has 0 radical (unpaired) electrons. The Morgan fingerprint density at radius 1 is 1.35 bits per heavy atom. The van der Waals surface area contributed by atoms with Gasteiger partial charge in [-0.2, -0.15) is 0 Å². The van der Waals surface area contributed by atoms with Crippen LogP contribution in [0.25, 0.3) is 0 Å². The van der Waals surface area contributed by atoms with Crippen LogP contribution in [0, 0.1) is 0 Å². The van der Waals surface area contributed by atoms with Gasteiger partial charge in [-0.15, -0.1) is 0 Å². The molecular weight excluding hydrogens is 286 g/mol. The largest absolute Gasteiger partial charge is 0.464 e. The summed E-state index contributed by atoms with van der Waals surface area (Å²) < 4.78 is 4.60. The molecule has 1 aromatic rings. The van der Waals surface area contributed by atoms with E-state index in [2.05, 4.69) is 25.8 Å². The summed E-state index contributed by atoms with van der Waals surface area (Å²) >= 11 is 3.24. The fourth-order valence-electron chi connectivity index (χ4n) is 1.15. The Kier molecular flexibility index (Phi) is 6.32. The van der Waals surface area contributed by atoms with E-state index in [0.717, 1.165) is 5.56 Å². The summed E-state index contributed by atoms with van der Waals surface area (Å²) in [5.74, 6) is -0.461. The normalized spacial score (nSPS) is 11.1. The Labute approximate surface area is 109 Å². The second kappa shape index (κ2) is 7.84. The van der Waals surface area contributed by atoms with Gasteiger partial charge in [-0.25, -0.2) is 4.79 Å². The average Bonchev–Trinajstić information content (AvgIpc) is 2.38. The Hall–Kier alpha value is -1.36. The van der Waals surface area contributed by atoms with Crippen molar-refractivity contribution in [2.24, 2.45) is 5.16 Å². The lowest BCUT2D eigenvalue weighted by atomic mass is 10.2. The molecule has 0 aliphatic carbocycles. The highest BCUT2D eigenvalue weighted by molar-refractivity contribution is 9.09. The third-order valence-electron chi connectivity index (χ3n) is 2.00. The number of nitrogens with zero attached hydrogens (tertiary/aromatic N) is 1. The minimum atomic E-state index is -0.461. The Bertz CT molecular complexity index is 379. The molecule has 0 atom stereocenters. The van der Waals surface area contributed by atoms with Crippen molar-refractivity contribution in [3.63, 3.8) is 0 Å². The SMILES string of the molecule is COC(=O)C(CCBr)=NOCc1ccccc1. The smallest absolute Gasteiger partial charge is 0.355 e. The first-order chi connectivity index (χ1) is 8.27. The molecule has 5 heteroatoms. The van der Waals surface area contributed by atoms with E-state index in [1.807, 2.05) is 30.3 Å². The van der Waals surface area contributed by atoms with E-state index in [1.54, 1.807) is 0 Å². The molecular formula is C12H14BrNO3. The van der Waals surface area contributed by atoms with E-state index in [9.17, 15) is 4.79 Å². The first-order valence-electron chi connectivity index (χ1n) is 5.15. The van der Waals surface area contributed by atoms with Crippen LogP contribution in [-0.4, -0.2) is 24.1 Å². The molecule has 1 rings (SSSR count). The van der Waals surface area contributed by atoms with Gasteiger partial charge in [0.25, 0.3) is 0 Å². The Morgan fingerprint density at radius 2 is 2.06 bits per heavy atom. The molecule has 1 aromatic carbocycles. The molecule has 0 aromatic heterocycles. The number of rotatable bonds is 6. The number of benzene rings is 1. The number of hydrogen-bond donors (Lipinski definition) is 0. The molecule has 0 unspecified atom stereocenters. The van der Waals surface area contributed by atoms with Crippen molar-refractivity contribution in [3.8, 4) is 0 Å². The quantitative estimate of drug-likeness (QED) is 0.351. The summed E-state index contributed by atoms with van der Waals surface area (Å²) in [4.78, 5) is 16.4. The second-order valence-electron chi connectivity index (χ2n) is 3.23. The van der Waals surface area contributed by atoms with Gasteiger partial charge in [-0.1, -0.05) is 51.4 Å². The fourth-order valence-corrected chi connectivity index (χ4v) is 1.53. The van der Waals surface area contributed by atoms with E-state index in [1.165, 1.54) is 7.11 Å². The third kappa shape index (κ3) is 4.99. The van der Waals surface area contributed by atoms with Gasteiger partial charge < -0.3 is 9.57 Å². The Balaban J connectivity index is 2.52. The number of hydrogen-bond acceptors (Lipinski definition) is 4. The lowest BCUT2D eigenvalue weighted by Crippen LogP contribution is -2.16. The maximum absolute atomic E-state index is 11.3.